The molecule has 3 N–H and O–H groups in total. The predicted molar refractivity (Wildman–Crippen MR) is 109 cm³/mol. The molecular formula is C22H19N3O3. The number of fused-ring (bicyclic) bond motifs is 2. The van der Waals surface area contributed by atoms with Gasteiger partial charge in [0, 0.05) is 35.1 Å². The molecule has 0 unspecified atom stereocenters. The standard InChI is InChI=1S/C22H19N3O3/c26-20(10-9-16-11-14-5-1-3-7-18(14)24-21(16)27)23-13-17-12-15-6-2-4-8-19(15)25-22(17)28/h1-8,11-12H,9-10,13H2,(H,23,26)(H,24,27)(H,25,28). The summed E-state index contributed by atoms with van der Waals surface area (Å²) in [6.07, 6.45) is 0.507. The number of amides is 1. The lowest BCUT2D eigenvalue weighted by atomic mass is 10.1. The lowest BCUT2D eigenvalue weighted by Gasteiger charge is -2.07. The van der Waals surface area contributed by atoms with Gasteiger partial charge in [-0.3, -0.25) is 14.4 Å². The predicted octanol–water partition coefficient (Wildman–Crippen LogP) is 2.62. The van der Waals surface area contributed by atoms with Crippen molar-refractivity contribution in [1.82, 2.24) is 15.3 Å². The molecule has 28 heavy (non-hydrogen) atoms. The summed E-state index contributed by atoms with van der Waals surface area (Å²) in [6.45, 7) is 0.146. The van der Waals surface area contributed by atoms with Gasteiger partial charge in [-0.25, -0.2) is 0 Å². The number of aryl methyl sites for hydroxylation is 1. The van der Waals surface area contributed by atoms with Crippen molar-refractivity contribution in [2.24, 2.45) is 0 Å². The largest absolute Gasteiger partial charge is 0.352 e. The van der Waals surface area contributed by atoms with Gasteiger partial charge in [0.2, 0.25) is 5.91 Å². The van der Waals surface area contributed by atoms with Crippen molar-refractivity contribution >= 4 is 27.7 Å². The van der Waals surface area contributed by atoms with E-state index in [9.17, 15) is 14.4 Å². The maximum atomic E-state index is 12.2. The Balaban J connectivity index is 1.41. The number of aromatic nitrogens is 2. The van der Waals surface area contributed by atoms with Crippen molar-refractivity contribution in [2.45, 2.75) is 19.4 Å². The Morgan fingerprint density at radius 2 is 1.32 bits per heavy atom. The molecule has 0 saturated carbocycles. The topological polar surface area (TPSA) is 94.8 Å². The Kier molecular flexibility index (Phi) is 4.76. The summed E-state index contributed by atoms with van der Waals surface area (Å²) in [5.74, 6) is -0.208. The van der Waals surface area contributed by atoms with E-state index in [4.69, 9.17) is 0 Å². The highest BCUT2D eigenvalue weighted by molar-refractivity contribution is 5.80. The van der Waals surface area contributed by atoms with Crippen LogP contribution >= 0.6 is 0 Å². The Bertz CT molecular complexity index is 1190. The van der Waals surface area contributed by atoms with Crippen molar-refractivity contribution in [3.63, 3.8) is 0 Å². The smallest absolute Gasteiger partial charge is 0.253 e. The molecule has 2 aromatic carbocycles. The monoisotopic (exact) mass is 373 g/mol. The van der Waals surface area contributed by atoms with E-state index in [-0.39, 0.29) is 30.0 Å². The van der Waals surface area contributed by atoms with Crippen molar-refractivity contribution in [2.75, 3.05) is 0 Å². The molecule has 0 saturated heterocycles. The van der Waals surface area contributed by atoms with E-state index in [1.54, 1.807) is 6.07 Å². The van der Waals surface area contributed by atoms with Gasteiger partial charge in [0.1, 0.15) is 0 Å². The Labute approximate surface area is 160 Å². The van der Waals surface area contributed by atoms with Gasteiger partial charge in [-0.05, 0) is 41.5 Å². The van der Waals surface area contributed by atoms with Crippen LogP contribution in [0.4, 0.5) is 0 Å². The Hall–Kier alpha value is -3.67. The number of H-pyrrole nitrogens is 2. The van der Waals surface area contributed by atoms with Crippen LogP contribution in [0.5, 0.6) is 0 Å². The second-order valence-electron chi connectivity index (χ2n) is 6.70. The summed E-state index contributed by atoms with van der Waals surface area (Å²) in [6, 6.07) is 18.6. The van der Waals surface area contributed by atoms with E-state index >= 15 is 0 Å². The van der Waals surface area contributed by atoms with E-state index in [1.807, 2.05) is 54.6 Å². The number of pyridine rings is 2. The molecule has 0 aliphatic heterocycles. The molecule has 1 amide bonds. The zero-order valence-corrected chi connectivity index (χ0v) is 15.1. The molecule has 0 aliphatic rings. The van der Waals surface area contributed by atoms with Gasteiger partial charge >= 0.3 is 0 Å². The summed E-state index contributed by atoms with van der Waals surface area (Å²) < 4.78 is 0. The number of hydrogen-bond donors (Lipinski definition) is 3. The van der Waals surface area contributed by atoms with E-state index in [0.717, 1.165) is 21.8 Å². The van der Waals surface area contributed by atoms with Gasteiger partial charge in [0.25, 0.3) is 11.1 Å². The second-order valence-corrected chi connectivity index (χ2v) is 6.70. The molecule has 0 bridgehead atoms. The number of carbonyl (C=O) groups is 1. The number of benzene rings is 2. The van der Waals surface area contributed by atoms with Crippen LogP contribution in [0.1, 0.15) is 17.5 Å². The zero-order chi connectivity index (χ0) is 19.5. The minimum atomic E-state index is -0.218. The first-order chi connectivity index (χ1) is 13.6. The number of carbonyl (C=O) groups excluding carboxylic acids is 1. The number of aromatic amines is 2. The van der Waals surface area contributed by atoms with Gasteiger partial charge in [-0.1, -0.05) is 36.4 Å². The van der Waals surface area contributed by atoms with Crippen LogP contribution in [0.2, 0.25) is 0 Å². The SMILES string of the molecule is O=C(CCc1cc2ccccc2[nH]c1=O)NCc1cc2ccccc2[nH]c1=O. The zero-order valence-electron chi connectivity index (χ0n) is 15.1. The van der Waals surface area contributed by atoms with Gasteiger partial charge < -0.3 is 15.3 Å². The fourth-order valence-electron chi connectivity index (χ4n) is 3.23. The molecule has 6 heteroatoms. The molecular weight excluding hydrogens is 354 g/mol. The molecule has 2 heterocycles. The number of para-hydroxylation sites is 2. The lowest BCUT2D eigenvalue weighted by molar-refractivity contribution is -0.121. The average molecular weight is 373 g/mol. The van der Waals surface area contributed by atoms with E-state index in [0.29, 0.717) is 17.5 Å². The highest BCUT2D eigenvalue weighted by Gasteiger charge is 2.08. The third kappa shape index (κ3) is 3.71. The molecule has 0 aliphatic carbocycles. The van der Waals surface area contributed by atoms with Crippen molar-refractivity contribution < 1.29 is 4.79 Å². The van der Waals surface area contributed by atoms with Crippen LogP contribution < -0.4 is 16.4 Å². The molecule has 2 aromatic heterocycles. The minimum Gasteiger partial charge on any atom is -0.352 e. The molecule has 4 aromatic rings. The highest BCUT2D eigenvalue weighted by Crippen LogP contribution is 2.12. The molecule has 140 valence electrons. The summed E-state index contributed by atoms with van der Waals surface area (Å²) >= 11 is 0. The van der Waals surface area contributed by atoms with Crippen LogP contribution in [-0.2, 0) is 17.8 Å². The summed E-state index contributed by atoms with van der Waals surface area (Å²) in [5, 5.41) is 4.60. The number of nitrogens with one attached hydrogen (secondary N) is 3. The first kappa shape index (κ1) is 17.7. The lowest BCUT2D eigenvalue weighted by Crippen LogP contribution is -2.27. The highest BCUT2D eigenvalue weighted by atomic mass is 16.2. The second kappa shape index (κ2) is 7.52. The van der Waals surface area contributed by atoms with E-state index in [1.165, 1.54) is 0 Å². The van der Waals surface area contributed by atoms with Crippen LogP contribution in [0.25, 0.3) is 21.8 Å². The third-order valence-corrected chi connectivity index (χ3v) is 4.76. The van der Waals surface area contributed by atoms with Crippen LogP contribution in [-0.4, -0.2) is 15.9 Å². The normalized spacial score (nSPS) is 11.0. The molecule has 0 spiro atoms. The van der Waals surface area contributed by atoms with Crippen molar-refractivity contribution in [3.05, 3.63) is 92.5 Å². The summed E-state index contributed by atoms with van der Waals surface area (Å²) in [7, 11) is 0. The summed E-state index contributed by atoms with van der Waals surface area (Å²) in [5.41, 5.74) is 2.20. The number of rotatable bonds is 5. The van der Waals surface area contributed by atoms with Crippen LogP contribution in [0.15, 0.2) is 70.3 Å². The van der Waals surface area contributed by atoms with Gasteiger partial charge in [0.15, 0.2) is 0 Å². The first-order valence-electron chi connectivity index (χ1n) is 9.09. The molecule has 0 atom stereocenters. The van der Waals surface area contributed by atoms with Gasteiger partial charge in [0.05, 0.1) is 0 Å². The van der Waals surface area contributed by atoms with Gasteiger partial charge in [-0.2, -0.15) is 0 Å². The molecule has 4 rings (SSSR count). The van der Waals surface area contributed by atoms with E-state index in [2.05, 4.69) is 15.3 Å². The fourth-order valence-corrected chi connectivity index (χ4v) is 3.23. The average Bonchev–Trinajstić information content (AvgIpc) is 2.70. The summed E-state index contributed by atoms with van der Waals surface area (Å²) in [4.78, 5) is 42.2. The Morgan fingerprint density at radius 3 is 1.96 bits per heavy atom. The molecule has 6 nitrogen and oxygen atoms in total. The first-order valence-corrected chi connectivity index (χ1v) is 9.09. The maximum absolute atomic E-state index is 12.2. The van der Waals surface area contributed by atoms with Crippen LogP contribution in [0.3, 0.4) is 0 Å². The minimum absolute atomic E-state index is 0.146. The van der Waals surface area contributed by atoms with Crippen LogP contribution in [0, 0.1) is 0 Å². The molecule has 0 fully saturated rings. The number of hydrogen-bond acceptors (Lipinski definition) is 3. The quantitative estimate of drug-likeness (QED) is 0.502. The van der Waals surface area contributed by atoms with Crippen molar-refractivity contribution in [1.29, 1.82) is 0 Å². The van der Waals surface area contributed by atoms with Crippen molar-refractivity contribution in [3.8, 4) is 0 Å². The fraction of sp³-hybridized carbons (Fsp3) is 0.136. The maximum Gasteiger partial charge on any atom is 0.253 e. The Morgan fingerprint density at radius 1 is 0.786 bits per heavy atom. The van der Waals surface area contributed by atoms with E-state index < -0.39 is 0 Å². The van der Waals surface area contributed by atoms with Gasteiger partial charge in [-0.15, -0.1) is 0 Å². The third-order valence-electron chi connectivity index (χ3n) is 4.76. The molecule has 0 radical (unpaired) electrons.